The molecule has 0 aliphatic carbocycles. The summed E-state index contributed by atoms with van der Waals surface area (Å²) in [5, 5.41) is 11.5. The quantitative estimate of drug-likeness (QED) is 0.547. The number of nitrogens with zero attached hydrogens (tertiary/aromatic N) is 1. The van der Waals surface area contributed by atoms with E-state index in [1.807, 2.05) is 45.0 Å². The monoisotopic (exact) mass is 417 g/mol. The van der Waals surface area contributed by atoms with Gasteiger partial charge >= 0.3 is 12.1 Å². The highest BCUT2D eigenvalue weighted by molar-refractivity contribution is 5.83. The molecule has 0 bridgehead atoms. The van der Waals surface area contributed by atoms with E-state index < -0.39 is 41.6 Å². The van der Waals surface area contributed by atoms with Gasteiger partial charge in [-0.1, -0.05) is 71.5 Å². The molecule has 1 heterocycles. The van der Waals surface area contributed by atoms with Crippen molar-refractivity contribution in [2.75, 3.05) is 13.2 Å². The molecular weight excluding hydrogens is 382 g/mol. The summed E-state index contributed by atoms with van der Waals surface area (Å²) in [5.41, 5.74) is 1.37. The van der Waals surface area contributed by atoms with Crippen molar-refractivity contribution in [3.63, 3.8) is 0 Å². The summed E-state index contributed by atoms with van der Waals surface area (Å²) >= 11 is 0. The van der Waals surface area contributed by atoms with Crippen LogP contribution in [0.3, 0.4) is 0 Å². The highest BCUT2D eigenvalue weighted by Crippen LogP contribution is 2.49. The van der Waals surface area contributed by atoms with E-state index in [0.717, 1.165) is 11.1 Å². The number of ether oxygens (including phenoxy) is 2. The molecule has 0 radical (unpaired) electrons. The lowest BCUT2D eigenvalue weighted by Crippen LogP contribution is -2.48. The predicted molar refractivity (Wildman–Crippen MR) is 116 cm³/mol. The lowest BCUT2D eigenvalue weighted by molar-refractivity contribution is -0.151. The second kappa shape index (κ2) is 9.65. The molecule has 166 valence electrons. The molecule has 1 aromatic carbocycles. The molecular formula is C24H35NO5. The van der Waals surface area contributed by atoms with Crippen LogP contribution >= 0.6 is 0 Å². The molecule has 6 heteroatoms. The van der Waals surface area contributed by atoms with Crippen LogP contribution in [0.15, 0.2) is 36.9 Å². The van der Waals surface area contributed by atoms with Crippen LogP contribution in [0.25, 0.3) is 0 Å². The van der Waals surface area contributed by atoms with Crippen LogP contribution < -0.4 is 0 Å². The van der Waals surface area contributed by atoms with Crippen molar-refractivity contribution in [3.05, 3.63) is 48.0 Å². The first-order valence-corrected chi connectivity index (χ1v) is 10.6. The van der Waals surface area contributed by atoms with Crippen LogP contribution in [-0.4, -0.2) is 47.4 Å². The average Bonchev–Trinajstić information content (AvgIpc) is 2.99. The summed E-state index contributed by atoms with van der Waals surface area (Å²) < 4.78 is 10.7. The van der Waals surface area contributed by atoms with Gasteiger partial charge in [0.05, 0.1) is 18.8 Å². The lowest BCUT2D eigenvalue weighted by atomic mass is 9.73. The second-order valence-electron chi connectivity index (χ2n) is 9.08. The van der Waals surface area contributed by atoms with E-state index in [2.05, 4.69) is 20.4 Å². The molecule has 1 saturated heterocycles. The van der Waals surface area contributed by atoms with E-state index in [-0.39, 0.29) is 19.1 Å². The van der Waals surface area contributed by atoms with Crippen LogP contribution in [0.1, 0.15) is 64.6 Å². The van der Waals surface area contributed by atoms with Crippen molar-refractivity contribution in [3.8, 4) is 0 Å². The maximum atomic E-state index is 13.1. The Kier molecular flexibility index (Phi) is 7.70. The third kappa shape index (κ3) is 4.69. The van der Waals surface area contributed by atoms with Gasteiger partial charge in [0, 0.05) is 5.92 Å². The fourth-order valence-corrected chi connectivity index (χ4v) is 4.44. The Hall–Kier alpha value is -2.34. The summed E-state index contributed by atoms with van der Waals surface area (Å²) in [6.07, 6.45) is -0.153. The summed E-state index contributed by atoms with van der Waals surface area (Å²) in [6, 6.07) is 6.03. The third-order valence-electron chi connectivity index (χ3n) is 5.63. The van der Waals surface area contributed by atoms with Crippen molar-refractivity contribution in [2.24, 2.45) is 11.3 Å². The molecule has 1 amide bonds. The Bertz CT molecular complexity index is 767. The number of benzene rings is 1. The van der Waals surface area contributed by atoms with Crippen LogP contribution in [0.4, 0.5) is 4.79 Å². The number of carbonyl (C=O) groups excluding carboxylic acids is 2. The number of hydrogen-bond donors (Lipinski definition) is 1. The molecule has 1 aromatic rings. The van der Waals surface area contributed by atoms with Gasteiger partial charge in [-0.2, -0.15) is 0 Å². The summed E-state index contributed by atoms with van der Waals surface area (Å²) in [7, 11) is 0. The first-order valence-electron chi connectivity index (χ1n) is 10.6. The maximum absolute atomic E-state index is 13.1. The van der Waals surface area contributed by atoms with Crippen molar-refractivity contribution < 1.29 is 24.2 Å². The van der Waals surface area contributed by atoms with Crippen LogP contribution in [0.2, 0.25) is 0 Å². The molecule has 1 aliphatic rings. The predicted octanol–water partition coefficient (Wildman–Crippen LogP) is 4.44. The van der Waals surface area contributed by atoms with Gasteiger partial charge in [0.2, 0.25) is 0 Å². The minimum absolute atomic E-state index is 0.0136. The van der Waals surface area contributed by atoms with E-state index in [1.165, 1.54) is 11.0 Å². The second-order valence-corrected chi connectivity index (χ2v) is 9.08. The van der Waals surface area contributed by atoms with Gasteiger partial charge in [0.15, 0.2) is 0 Å². The van der Waals surface area contributed by atoms with Crippen molar-refractivity contribution in [2.45, 2.75) is 65.6 Å². The Morgan fingerprint density at radius 1 is 1.23 bits per heavy atom. The zero-order valence-corrected chi connectivity index (χ0v) is 18.9. The van der Waals surface area contributed by atoms with Gasteiger partial charge in [-0.05, 0) is 29.4 Å². The Morgan fingerprint density at radius 2 is 1.87 bits per heavy atom. The largest absolute Gasteiger partial charge is 0.464 e. The first kappa shape index (κ1) is 23.9. The topological polar surface area (TPSA) is 76.1 Å². The van der Waals surface area contributed by atoms with Gasteiger partial charge in [0.1, 0.15) is 12.6 Å². The van der Waals surface area contributed by atoms with Crippen molar-refractivity contribution in [1.29, 1.82) is 0 Å². The Balaban J connectivity index is 2.69. The van der Waals surface area contributed by atoms with Gasteiger partial charge in [-0.3, -0.25) is 4.90 Å². The molecule has 0 aromatic heterocycles. The van der Waals surface area contributed by atoms with Crippen molar-refractivity contribution >= 4 is 12.1 Å². The number of likely N-dealkylation sites (tertiary alicyclic amines) is 1. The van der Waals surface area contributed by atoms with Crippen LogP contribution in [-0.2, 0) is 14.3 Å². The van der Waals surface area contributed by atoms with Gasteiger partial charge in [-0.25, -0.2) is 9.59 Å². The highest BCUT2D eigenvalue weighted by Gasteiger charge is 2.59. The molecule has 4 atom stereocenters. The molecule has 1 fully saturated rings. The standard InChI is InChI=1S/C24H35NO5/c1-8-14-30-23(28)25-19(17-13-11-10-12-16(17)15(3)4)21(26)18(24(5,6)7)20(25)22(27)29-9-2/h8,10-13,15,18-21,26H,1,9,14H2,2-7H3/t18-,19+,20+,21+/m1/s1. The van der Waals surface area contributed by atoms with Crippen LogP contribution in [0, 0.1) is 11.3 Å². The van der Waals surface area contributed by atoms with Gasteiger partial charge < -0.3 is 14.6 Å². The summed E-state index contributed by atoms with van der Waals surface area (Å²) in [4.78, 5) is 27.6. The minimum atomic E-state index is -0.962. The molecule has 1 aliphatic heterocycles. The number of esters is 1. The molecule has 1 N–H and O–H groups in total. The zero-order valence-electron chi connectivity index (χ0n) is 18.9. The third-order valence-corrected chi connectivity index (χ3v) is 5.63. The molecule has 0 spiro atoms. The molecule has 2 rings (SSSR count). The van der Waals surface area contributed by atoms with Crippen LogP contribution in [0.5, 0.6) is 0 Å². The Labute approximate surface area is 179 Å². The summed E-state index contributed by atoms with van der Waals surface area (Å²) in [6.45, 7) is 15.5. The number of aliphatic hydroxyl groups excluding tert-OH is 1. The van der Waals surface area contributed by atoms with E-state index >= 15 is 0 Å². The fourth-order valence-electron chi connectivity index (χ4n) is 4.44. The van der Waals surface area contributed by atoms with E-state index in [9.17, 15) is 14.7 Å². The number of carbonyl (C=O) groups is 2. The lowest BCUT2D eigenvalue weighted by Gasteiger charge is -2.34. The zero-order chi connectivity index (χ0) is 22.6. The van der Waals surface area contributed by atoms with E-state index in [1.54, 1.807) is 6.92 Å². The number of rotatable bonds is 6. The molecule has 30 heavy (non-hydrogen) atoms. The van der Waals surface area contributed by atoms with E-state index in [4.69, 9.17) is 9.47 Å². The average molecular weight is 418 g/mol. The normalized spacial score (nSPS) is 24.1. The first-order chi connectivity index (χ1) is 14.1. The fraction of sp³-hybridized carbons (Fsp3) is 0.583. The molecule has 6 nitrogen and oxygen atoms in total. The molecule has 0 saturated carbocycles. The number of amides is 1. The highest BCUT2D eigenvalue weighted by atomic mass is 16.6. The summed E-state index contributed by atoms with van der Waals surface area (Å²) in [5.74, 6) is -0.885. The maximum Gasteiger partial charge on any atom is 0.411 e. The number of aliphatic hydroxyl groups is 1. The van der Waals surface area contributed by atoms with Crippen molar-refractivity contribution in [1.82, 2.24) is 4.90 Å². The van der Waals surface area contributed by atoms with Gasteiger partial charge in [0.25, 0.3) is 0 Å². The smallest absolute Gasteiger partial charge is 0.411 e. The Morgan fingerprint density at radius 3 is 2.40 bits per heavy atom. The number of hydrogen-bond acceptors (Lipinski definition) is 5. The van der Waals surface area contributed by atoms with E-state index in [0.29, 0.717) is 0 Å². The SMILES string of the molecule is C=CCOC(=O)N1[C@H](C(=O)OCC)[C@@H](C(C)(C)C)[C@H](O)[C@@H]1c1ccccc1C(C)C. The van der Waals surface area contributed by atoms with Gasteiger partial charge in [-0.15, -0.1) is 0 Å². The molecule has 0 unspecified atom stereocenters. The minimum Gasteiger partial charge on any atom is -0.464 e.